The Morgan fingerprint density at radius 1 is 1.26 bits per heavy atom. The molecule has 0 saturated carbocycles. The summed E-state index contributed by atoms with van der Waals surface area (Å²) < 4.78 is 16.7. The van der Waals surface area contributed by atoms with Gasteiger partial charge in [-0.05, 0) is 52.9 Å². The molecule has 7 nitrogen and oxygen atoms in total. The fraction of sp³-hybridized carbons (Fsp3) is 0.933. The average molecular weight is 329 g/mol. The molecule has 2 aliphatic heterocycles. The fourth-order valence-corrected chi connectivity index (χ4v) is 3.03. The first kappa shape index (κ1) is 18.5. The number of carbonyl (C=O) groups excluding carboxylic acids is 1. The van der Waals surface area contributed by atoms with Crippen molar-refractivity contribution in [1.82, 2.24) is 4.90 Å². The molecule has 0 aliphatic carbocycles. The van der Waals surface area contributed by atoms with E-state index in [-0.39, 0.29) is 12.3 Å². The van der Waals surface area contributed by atoms with Crippen molar-refractivity contribution in [1.29, 1.82) is 0 Å². The molecule has 0 aromatic carbocycles. The number of carbonyl (C=O) groups is 1. The Bertz CT molecular complexity index is 394. The molecule has 2 fully saturated rings. The SMILES string of the molecule is CC(C)(C)OC(=O)N1C(COC2CCCCO2)CCC1B(O)O. The van der Waals surface area contributed by atoms with E-state index in [2.05, 4.69) is 0 Å². The molecule has 0 bridgehead atoms. The second kappa shape index (κ2) is 7.83. The molecule has 1 amide bonds. The van der Waals surface area contributed by atoms with Crippen LogP contribution in [0.3, 0.4) is 0 Å². The number of ether oxygens (including phenoxy) is 3. The summed E-state index contributed by atoms with van der Waals surface area (Å²) in [5, 5.41) is 19.1. The summed E-state index contributed by atoms with van der Waals surface area (Å²) in [5.74, 6) is -0.661. The van der Waals surface area contributed by atoms with Crippen LogP contribution >= 0.6 is 0 Å². The first-order chi connectivity index (χ1) is 10.8. The Hall–Kier alpha value is -0.825. The molecule has 3 unspecified atom stereocenters. The summed E-state index contributed by atoms with van der Waals surface area (Å²) in [6.07, 6.45) is 3.36. The van der Waals surface area contributed by atoms with Crippen molar-refractivity contribution < 1.29 is 29.1 Å². The first-order valence-corrected chi connectivity index (χ1v) is 8.38. The van der Waals surface area contributed by atoms with E-state index in [0.29, 0.717) is 26.1 Å². The van der Waals surface area contributed by atoms with Crippen molar-refractivity contribution in [2.24, 2.45) is 0 Å². The lowest BCUT2D eigenvalue weighted by Gasteiger charge is -2.33. The number of hydrogen-bond donors (Lipinski definition) is 2. The highest BCUT2D eigenvalue weighted by molar-refractivity contribution is 6.43. The highest BCUT2D eigenvalue weighted by Crippen LogP contribution is 2.28. The number of rotatable bonds is 4. The monoisotopic (exact) mass is 329 g/mol. The van der Waals surface area contributed by atoms with E-state index in [0.717, 1.165) is 19.3 Å². The van der Waals surface area contributed by atoms with Gasteiger partial charge in [-0.2, -0.15) is 0 Å². The van der Waals surface area contributed by atoms with Crippen LogP contribution < -0.4 is 0 Å². The summed E-state index contributed by atoms with van der Waals surface area (Å²) in [7, 11) is -1.58. The first-order valence-electron chi connectivity index (χ1n) is 8.38. The lowest BCUT2D eigenvalue weighted by Crippen LogP contribution is -2.51. The minimum absolute atomic E-state index is 0.234. The number of nitrogens with zero attached hydrogens (tertiary/aromatic N) is 1. The van der Waals surface area contributed by atoms with Crippen molar-refractivity contribution in [2.75, 3.05) is 13.2 Å². The van der Waals surface area contributed by atoms with Crippen LogP contribution in [0.4, 0.5) is 4.79 Å². The van der Waals surface area contributed by atoms with Gasteiger partial charge in [-0.3, -0.25) is 0 Å². The van der Waals surface area contributed by atoms with Gasteiger partial charge in [0.25, 0.3) is 0 Å². The van der Waals surface area contributed by atoms with Gasteiger partial charge in [-0.15, -0.1) is 0 Å². The van der Waals surface area contributed by atoms with E-state index < -0.39 is 24.8 Å². The highest BCUT2D eigenvalue weighted by Gasteiger charge is 2.44. The van der Waals surface area contributed by atoms with Gasteiger partial charge in [0.05, 0.1) is 18.6 Å². The Morgan fingerprint density at radius 3 is 2.57 bits per heavy atom. The number of amides is 1. The van der Waals surface area contributed by atoms with Crippen LogP contribution in [0.15, 0.2) is 0 Å². The maximum absolute atomic E-state index is 12.4. The molecule has 0 radical (unpaired) electrons. The van der Waals surface area contributed by atoms with Gasteiger partial charge in [0.15, 0.2) is 6.29 Å². The third-order valence-electron chi connectivity index (χ3n) is 4.11. The molecule has 2 rings (SSSR count). The predicted octanol–water partition coefficient (Wildman–Crippen LogP) is 1.31. The zero-order valence-corrected chi connectivity index (χ0v) is 14.2. The summed E-state index contributed by atoms with van der Waals surface area (Å²) in [6, 6.07) is -0.234. The minimum atomic E-state index is -1.58. The lowest BCUT2D eigenvalue weighted by atomic mass is 9.78. The van der Waals surface area contributed by atoms with Crippen molar-refractivity contribution in [3.63, 3.8) is 0 Å². The van der Waals surface area contributed by atoms with E-state index in [4.69, 9.17) is 14.2 Å². The van der Waals surface area contributed by atoms with Gasteiger partial charge in [0.1, 0.15) is 5.60 Å². The highest BCUT2D eigenvalue weighted by atomic mass is 16.7. The standard InChI is InChI=1S/C15H28BNO6/c1-15(2,3)23-14(18)17-11(7-8-12(17)16(19)20)10-22-13-6-4-5-9-21-13/h11-13,19-20H,4-10H2,1-3H3. The van der Waals surface area contributed by atoms with Crippen LogP contribution in [0.25, 0.3) is 0 Å². The number of hydrogen-bond acceptors (Lipinski definition) is 6. The normalized spacial score (nSPS) is 28.7. The summed E-state index contributed by atoms with van der Waals surface area (Å²) >= 11 is 0. The largest absolute Gasteiger partial charge is 0.475 e. The molecule has 2 heterocycles. The van der Waals surface area contributed by atoms with Gasteiger partial charge in [-0.1, -0.05) is 0 Å². The van der Waals surface area contributed by atoms with E-state index in [1.807, 2.05) is 0 Å². The lowest BCUT2D eigenvalue weighted by molar-refractivity contribution is -0.169. The Balaban J connectivity index is 1.97. The third kappa shape index (κ3) is 5.34. The summed E-state index contributed by atoms with van der Waals surface area (Å²) in [5.41, 5.74) is -0.636. The zero-order valence-electron chi connectivity index (χ0n) is 14.2. The second-order valence-electron chi connectivity index (χ2n) is 7.23. The van der Waals surface area contributed by atoms with Gasteiger partial charge in [-0.25, -0.2) is 4.79 Å². The van der Waals surface area contributed by atoms with Gasteiger partial charge >= 0.3 is 13.2 Å². The van der Waals surface area contributed by atoms with Crippen LogP contribution in [-0.2, 0) is 14.2 Å². The fourth-order valence-electron chi connectivity index (χ4n) is 3.03. The molecular weight excluding hydrogens is 301 g/mol. The van der Waals surface area contributed by atoms with E-state index in [1.54, 1.807) is 20.8 Å². The molecule has 8 heteroatoms. The maximum atomic E-state index is 12.4. The van der Waals surface area contributed by atoms with Crippen molar-refractivity contribution >= 4 is 13.2 Å². The summed E-state index contributed by atoms with van der Waals surface area (Å²) in [6.45, 7) is 6.36. The Kier molecular flexibility index (Phi) is 6.30. The molecule has 2 N–H and O–H groups in total. The van der Waals surface area contributed by atoms with Crippen LogP contribution in [0.5, 0.6) is 0 Å². The number of likely N-dealkylation sites (tertiary alicyclic amines) is 1. The van der Waals surface area contributed by atoms with Crippen LogP contribution in [0.2, 0.25) is 0 Å². The van der Waals surface area contributed by atoms with Crippen molar-refractivity contribution in [3.8, 4) is 0 Å². The molecule has 0 spiro atoms. The molecule has 3 atom stereocenters. The molecule has 23 heavy (non-hydrogen) atoms. The van der Waals surface area contributed by atoms with Crippen molar-refractivity contribution in [3.05, 3.63) is 0 Å². The van der Waals surface area contributed by atoms with Gasteiger partial charge < -0.3 is 29.2 Å². The molecule has 2 aliphatic rings. The van der Waals surface area contributed by atoms with E-state index in [9.17, 15) is 14.8 Å². The van der Waals surface area contributed by atoms with E-state index in [1.165, 1.54) is 4.90 Å². The van der Waals surface area contributed by atoms with Gasteiger partial charge in [0.2, 0.25) is 0 Å². The van der Waals surface area contributed by atoms with Crippen LogP contribution in [0.1, 0.15) is 52.9 Å². The van der Waals surface area contributed by atoms with Crippen LogP contribution in [0, 0.1) is 0 Å². The Morgan fingerprint density at radius 2 is 2.00 bits per heavy atom. The molecule has 0 aromatic rings. The topological polar surface area (TPSA) is 88.5 Å². The smallest absolute Gasteiger partial charge is 0.444 e. The van der Waals surface area contributed by atoms with E-state index >= 15 is 0 Å². The minimum Gasteiger partial charge on any atom is -0.444 e. The Labute approximate surface area is 138 Å². The van der Waals surface area contributed by atoms with Gasteiger partial charge in [0, 0.05) is 6.61 Å². The molecule has 132 valence electrons. The molecule has 0 aromatic heterocycles. The average Bonchev–Trinajstić information content (AvgIpc) is 2.88. The second-order valence-corrected chi connectivity index (χ2v) is 7.23. The quantitative estimate of drug-likeness (QED) is 0.756. The molecule has 2 saturated heterocycles. The van der Waals surface area contributed by atoms with Crippen LogP contribution in [-0.4, -0.2) is 65.2 Å². The zero-order chi connectivity index (χ0) is 17.0. The summed E-state index contributed by atoms with van der Waals surface area (Å²) in [4.78, 5) is 13.8. The predicted molar refractivity (Wildman–Crippen MR) is 84.6 cm³/mol. The third-order valence-corrected chi connectivity index (χ3v) is 4.11. The maximum Gasteiger partial charge on any atom is 0.475 e. The molecular formula is C15H28BNO6. The van der Waals surface area contributed by atoms with Crippen molar-refractivity contribution in [2.45, 2.75) is 76.7 Å².